The van der Waals surface area contributed by atoms with Crippen molar-refractivity contribution < 1.29 is 18.0 Å². The number of amides is 1. The summed E-state index contributed by atoms with van der Waals surface area (Å²) in [6.45, 7) is -0.159. The van der Waals surface area contributed by atoms with E-state index < -0.39 is 18.1 Å². The van der Waals surface area contributed by atoms with Crippen molar-refractivity contribution in [2.75, 3.05) is 20.6 Å². The van der Waals surface area contributed by atoms with Crippen LogP contribution < -0.4 is 5.32 Å². The number of alkyl halides is 3. The third-order valence-electron chi connectivity index (χ3n) is 2.62. The minimum absolute atomic E-state index is 0.0285. The Hall–Kier alpha value is -0.780. The maximum atomic E-state index is 12.3. The zero-order valence-electron chi connectivity index (χ0n) is 8.77. The lowest BCUT2D eigenvalue weighted by molar-refractivity contribution is -0.180. The third kappa shape index (κ3) is 3.09. The summed E-state index contributed by atoms with van der Waals surface area (Å²) in [6.07, 6.45) is -3.87. The van der Waals surface area contributed by atoms with Gasteiger partial charge in [0.1, 0.15) is 0 Å². The fourth-order valence-electron chi connectivity index (χ4n) is 1.66. The summed E-state index contributed by atoms with van der Waals surface area (Å²) in [6, 6.07) is -0.460. The fraction of sp³-hybridized carbons (Fsp3) is 0.889. The Morgan fingerprint density at radius 3 is 2.27 bits per heavy atom. The van der Waals surface area contributed by atoms with Crippen LogP contribution in [-0.2, 0) is 4.79 Å². The van der Waals surface area contributed by atoms with E-state index in [1.165, 1.54) is 4.90 Å². The van der Waals surface area contributed by atoms with Crippen molar-refractivity contribution in [2.45, 2.75) is 25.1 Å². The van der Waals surface area contributed by atoms with Crippen LogP contribution in [0.25, 0.3) is 0 Å². The molecule has 1 saturated heterocycles. The molecule has 1 aliphatic heterocycles. The highest BCUT2D eigenvalue weighted by atomic mass is 19.4. The maximum Gasteiger partial charge on any atom is 0.393 e. The molecule has 0 saturated carbocycles. The quantitative estimate of drug-likeness (QED) is 0.720. The first-order chi connectivity index (χ1) is 6.82. The molecule has 88 valence electrons. The zero-order valence-corrected chi connectivity index (χ0v) is 8.77. The largest absolute Gasteiger partial charge is 0.393 e. The highest BCUT2D eigenvalue weighted by Crippen LogP contribution is 2.32. The number of likely N-dealkylation sites (N-methyl/N-ethyl adjacent to an activating group) is 1. The second-order valence-corrected chi connectivity index (χ2v) is 4.01. The lowest BCUT2D eigenvalue weighted by atomic mass is 9.94. The predicted octanol–water partition coefficient (Wildman–Crippen LogP) is 1.01. The predicted molar refractivity (Wildman–Crippen MR) is 49.3 cm³/mol. The Balaban J connectivity index is 2.46. The van der Waals surface area contributed by atoms with Crippen LogP contribution in [0.4, 0.5) is 13.2 Å². The number of nitrogens with one attached hydrogen (secondary N) is 1. The summed E-state index contributed by atoms with van der Waals surface area (Å²) in [4.78, 5) is 12.8. The molecule has 1 amide bonds. The van der Waals surface area contributed by atoms with E-state index in [0.29, 0.717) is 0 Å². The minimum Gasteiger partial charge on any atom is -0.347 e. The van der Waals surface area contributed by atoms with E-state index in [2.05, 4.69) is 5.32 Å². The molecule has 6 heteroatoms. The monoisotopic (exact) mass is 224 g/mol. The standard InChI is InChI=1S/C9H15F3N2O/c1-14(2)8(15)7-4-3-6(5-13-7)9(10,11)12/h6-7,13H,3-5H2,1-2H3. The zero-order chi connectivity index (χ0) is 11.6. The van der Waals surface area contributed by atoms with E-state index >= 15 is 0 Å². The molecular formula is C9H15F3N2O. The Morgan fingerprint density at radius 2 is 1.93 bits per heavy atom. The third-order valence-corrected chi connectivity index (χ3v) is 2.62. The summed E-state index contributed by atoms with van der Waals surface area (Å²) in [5.41, 5.74) is 0. The summed E-state index contributed by atoms with van der Waals surface area (Å²) in [5.74, 6) is -1.47. The van der Waals surface area contributed by atoms with E-state index in [9.17, 15) is 18.0 Å². The average molecular weight is 224 g/mol. The Bertz CT molecular complexity index is 232. The fourth-order valence-corrected chi connectivity index (χ4v) is 1.66. The smallest absolute Gasteiger partial charge is 0.347 e. The number of carbonyl (C=O) groups excluding carboxylic acids is 1. The van der Waals surface area contributed by atoms with Crippen LogP contribution in [0.1, 0.15) is 12.8 Å². The second-order valence-electron chi connectivity index (χ2n) is 4.01. The van der Waals surface area contributed by atoms with Crippen molar-refractivity contribution in [1.29, 1.82) is 0 Å². The molecule has 1 rings (SSSR count). The number of hydrogen-bond acceptors (Lipinski definition) is 2. The average Bonchev–Trinajstić information content (AvgIpc) is 2.15. The molecule has 3 nitrogen and oxygen atoms in total. The molecule has 0 spiro atoms. The summed E-state index contributed by atoms with van der Waals surface area (Å²) >= 11 is 0. The van der Waals surface area contributed by atoms with Gasteiger partial charge in [-0.2, -0.15) is 13.2 Å². The molecule has 1 aliphatic rings. The van der Waals surface area contributed by atoms with Gasteiger partial charge in [0.05, 0.1) is 12.0 Å². The maximum absolute atomic E-state index is 12.3. The molecular weight excluding hydrogens is 209 g/mol. The van der Waals surface area contributed by atoms with Gasteiger partial charge in [-0.05, 0) is 12.8 Å². The molecule has 1 N–H and O–H groups in total. The second kappa shape index (κ2) is 4.38. The molecule has 0 radical (unpaired) electrons. The topological polar surface area (TPSA) is 32.3 Å². The summed E-state index contributed by atoms with van der Waals surface area (Å²) in [5, 5.41) is 2.65. The number of rotatable bonds is 1. The van der Waals surface area contributed by atoms with E-state index in [1.807, 2.05) is 0 Å². The van der Waals surface area contributed by atoms with Gasteiger partial charge in [-0.15, -0.1) is 0 Å². The number of nitrogens with zero attached hydrogens (tertiary/aromatic N) is 1. The van der Waals surface area contributed by atoms with Crippen molar-refractivity contribution in [3.05, 3.63) is 0 Å². The van der Waals surface area contributed by atoms with Gasteiger partial charge >= 0.3 is 6.18 Å². The summed E-state index contributed by atoms with van der Waals surface area (Å²) < 4.78 is 36.9. The molecule has 15 heavy (non-hydrogen) atoms. The van der Waals surface area contributed by atoms with Gasteiger partial charge in [-0.1, -0.05) is 0 Å². The van der Waals surface area contributed by atoms with Gasteiger partial charge in [-0.3, -0.25) is 4.79 Å². The molecule has 2 atom stereocenters. The van der Waals surface area contributed by atoms with Crippen LogP contribution >= 0.6 is 0 Å². The molecule has 0 aromatic heterocycles. The number of piperidine rings is 1. The molecule has 1 heterocycles. The van der Waals surface area contributed by atoms with Crippen LogP contribution in [0.5, 0.6) is 0 Å². The van der Waals surface area contributed by atoms with Crippen molar-refractivity contribution in [3.8, 4) is 0 Å². The molecule has 1 fully saturated rings. The van der Waals surface area contributed by atoms with Gasteiger partial charge in [0.2, 0.25) is 5.91 Å². The molecule has 0 aromatic carbocycles. The van der Waals surface area contributed by atoms with Crippen LogP contribution in [-0.4, -0.2) is 43.7 Å². The van der Waals surface area contributed by atoms with E-state index in [4.69, 9.17) is 0 Å². The van der Waals surface area contributed by atoms with Gasteiger partial charge in [-0.25, -0.2) is 0 Å². The van der Waals surface area contributed by atoms with Crippen molar-refractivity contribution in [1.82, 2.24) is 10.2 Å². The minimum atomic E-state index is -4.15. The first-order valence-electron chi connectivity index (χ1n) is 4.83. The van der Waals surface area contributed by atoms with E-state index in [0.717, 1.165) is 0 Å². The normalized spacial score (nSPS) is 27.5. The van der Waals surface area contributed by atoms with E-state index in [-0.39, 0.29) is 25.3 Å². The van der Waals surface area contributed by atoms with Gasteiger partial charge in [0.15, 0.2) is 0 Å². The molecule has 2 unspecified atom stereocenters. The Morgan fingerprint density at radius 1 is 1.33 bits per heavy atom. The highest BCUT2D eigenvalue weighted by Gasteiger charge is 2.42. The highest BCUT2D eigenvalue weighted by molar-refractivity contribution is 5.81. The number of halogens is 3. The Kier molecular flexibility index (Phi) is 3.59. The molecule has 0 aliphatic carbocycles. The SMILES string of the molecule is CN(C)C(=O)C1CCC(C(F)(F)F)CN1. The lowest BCUT2D eigenvalue weighted by Crippen LogP contribution is -2.50. The molecule has 0 bridgehead atoms. The van der Waals surface area contributed by atoms with Gasteiger partial charge < -0.3 is 10.2 Å². The van der Waals surface area contributed by atoms with Gasteiger partial charge in [0.25, 0.3) is 0 Å². The number of carbonyl (C=O) groups is 1. The summed E-state index contributed by atoms with van der Waals surface area (Å²) in [7, 11) is 3.19. The van der Waals surface area contributed by atoms with Crippen LogP contribution in [0.3, 0.4) is 0 Å². The van der Waals surface area contributed by atoms with Crippen molar-refractivity contribution in [2.24, 2.45) is 5.92 Å². The van der Waals surface area contributed by atoms with Crippen molar-refractivity contribution >= 4 is 5.91 Å². The molecule has 0 aromatic rings. The first kappa shape index (κ1) is 12.3. The van der Waals surface area contributed by atoms with Crippen LogP contribution in [0.2, 0.25) is 0 Å². The number of hydrogen-bond donors (Lipinski definition) is 1. The lowest BCUT2D eigenvalue weighted by Gasteiger charge is -2.31. The van der Waals surface area contributed by atoms with Crippen molar-refractivity contribution in [3.63, 3.8) is 0 Å². The van der Waals surface area contributed by atoms with Gasteiger partial charge in [0, 0.05) is 20.6 Å². The first-order valence-corrected chi connectivity index (χ1v) is 4.83. The van der Waals surface area contributed by atoms with E-state index in [1.54, 1.807) is 14.1 Å². The van der Waals surface area contributed by atoms with Crippen LogP contribution in [0.15, 0.2) is 0 Å². The Labute approximate surface area is 86.6 Å². The van der Waals surface area contributed by atoms with Crippen LogP contribution in [0, 0.1) is 5.92 Å².